The van der Waals surface area contributed by atoms with Gasteiger partial charge in [-0.05, 0) is 30.5 Å². The number of aromatic nitrogens is 1. The van der Waals surface area contributed by atoms with Gasteiger partial charge in [-0.3, -0.25) is 9.69 Å². The largest absolute Gasteiger partial charge is 0.417 e. The van der Waals surface area contributed by atoms with Gasteiger partial charge in [0.05, 0.1) is 5.56 Å². The van der Waals surface area contributed by atoms with Crippen LogP contribution >= 0.6 is 0 Å². The lowest BCUT2D eigenvalue weighted by Gasteiger charge is -2.39. The molecule has 1 aliphatic carbocycles. The summed E-state index contributed by atoms with van der Waals surface area (Å²) in [5, 5.41) is 3.10. The molecule has 1 atom stereocenters. The van der Waals surface area contributed by atoms with Crippen molar-refractivity contribution in [2.45, 2.75) is 31.1 Å². The van der Waals surface area contributed by atoms with E-state index in [-0.39, 0.29) is 18.0 Å². The summed E-state index contributed by atoms with van der Waals surface area (Å²) in [7, 11) is 0. The molecule has 1 saturated heterocycles. The van der Waals surface area contributed by atoms with E-state index >= 15 is 0 Å². The zero-order valence-electron chi connectivity index (χ0n) is 15.9. The molecule has 0 unspecified atom stereocenters. The van der Waals surface area contributed by atoms with E-state index in [1.54, 1.807) is 0 Å². The first-order chi connectivity index (χ1) is 13.9. The Hall–Kier alpha value is -2.61. The number of rotatable bonds is 5. The molecule has 0 bridgehead atoms. The number of piperazine rings is 1. The highest BCUT2D eigenvalue weighted by Gasteiger charge is 2.34. The molecule has 1 aliphatic heterocycles. The van der Waals surface area contributed by atoms with Crippen LogP contribution in [0.1, 0.15) is 30.0 Å². The maximum Gasteiger partial charge on any atom is 0.417 e. The van der Waals surface area contributed by atoms with Gasteiger partial charge in [0.15, 0.2) is 0 Å². The number of nitrogens with one attached hydrogen (secondary N) is 1. The monoisotopic (exact) mass is 404 g/mol. The highest BCUT2D eigenvalue weighted by molar-refractivity contribution is 5.83. The fourth-order valence-electron chi connectivity index (χ4n) is 3.62. The van der Waals surface area contributed by atoms with E-state index < -0.39 is 11.7 Å². The molecule has 154 valence electrons. The number of carbonyl (C=O) groups is 1. The molecular formula is C21H23F3N4O. The van der Waals surface area contributed by atoms with Gasteiger partial charge in [-0.2, -0.15) is 13.2 Å². The van der Waals surface area contributed by atoms with E-state index in [0.29, 0.717) is 32.0 Å². The van der Waals surface area contributed by atoms with Crippen molar-refractivity contribution in [1.29, 1.82) is 0 Å². The SMILES string of the molecule is O=C(NC1CC1)[C@@H](c1ccccc1)N1CCN(c2ccc(C(F)(F)F)cn2)CC1. The lowest BCUT2D eigenvalue weighted by molar-refractivity contribution is -0.137. The van der Waals surface area contributed by atoms with Crippen LogP contribution in [0.2, 0.25) is 0 Å². The molecule has 29 heavy (non-hydrogen) atoms. The van der Waals surface area contributed by atoms with E-state index in [9.17, 15) is 18.0 Å². The van der Waals surface area contributed by atoms with Gasteiger partial charge in [0.2, 0.25) is 5.91 Å². The summed E-state index contributed by atoms with van der Waals surface area (Å²) in [5.41, 5.74) is 0.201. The Morgan fingerprint density at radius 2 is 1.72 bits per heavy atom. The molecule has 2 fully saturated rings. The molecule has 1 aromatic carbocycles. The molecule has 0 spiro atoms. The average Bonchev–Trinajstić information content (AvgIpc) is 3.53. The van der Waals surface area contributed by atoms with Crippen LogP contribution in [0.5, 0.6) is 0 Å². The summed E-state index contributed by atoms with van der Waals surface area (Å²) >= 11 is 0. The normalized spacial score (nSPS) is 19.1. The van der Waals surface area contributed by atoms with Crippen LogP contribution in [0.25, 0.3) is 0 Å². The van der Waals surface area contributed by atoms with E-state index in [1.807, 2.05) is 35.2 Å². The molecule has 2 heterocycles. The Morgan fingerprint density at radius 1 is 1.03 bits per heavy atom. The standard InChI is InChI=1S/C21H23F3N4O/c22-21(23,24)16-6-9-18(25-14-16)27-10-12-28(13-11-27)19(15-4-2-1-3-5-15)20(29)26-17-7-8-17/h1-6,9,14,17,19H,7-8,10-13H2,(H,26,29)/t19-/m1/s1. The van der Waals surface area contributed by atoms with Crippen LogP contribution < -0.4 is 10.2 Å². The number of alkyl halides is 3. The predicted molar refractivity (Wildman–Crippen MR) is 103 cm³/mol. The average molecular weight is 404 g/mol. The van der Waals surface area contributed by atoms with Crippen molar-refractivity contribution < 1.29 is 18.0 Å². The van der Waals surface area contributed by atoms with E-state index in [0.717, 1.165) is 30.7 Å². The molecule has 1 amide bonds. The molecule has 1 aromatic heterocycles. The van der Waals surface area contributed by atoms with Crippen molar-refractivity contribution >= 4 is 11.7 Å². The summed E-state index contributed by atoms with van der Waals surface area (Å²) < 4.78 is 38.2. The summed E-state index contributed by atoms with van der Waals surface area (Å²) in [5.74, 6) is 0.538. The first-order valence-corrected chi connectivity index (χ1v) is 9.79. The van der Waals surface area contributed by atoms with Crippen molar-refractivity contribution in [2.24, 2.45) is 0 Å². The zero-order valence-corrected chi connectivity index (χ0v) is 15.9. The van der Waals surface area contributed by atoms with Crippen molar-refractivity contribution in [3.05, 3.63) is 59.8 Å². The summed E-state index contributed by atoms with van der Waals surface area (Å²) in [4.78, 5) is 21.0. The second-order valence-electron chi connectivity index (χ2n) is 7.52. The minimum atomic E-state index is -4.39. The molecule has 8 heteroatoms. The number of amides is 1. The van der Waals surface area contributed by atoms with Gasteiger partial charge in [-0.15, -0.1) is 0 Å². The number of halogens is 3. The van der Waals surface area contributed by atoms with Crippen LogP contribution in [0.15, 0.2) is 48.7 Å². The number of carbonyl (C=O) groups excluding carboxylic acids is 1. The van der Waals surface area contributed by atoms with Gasteiger partial charge in [-0.1, -0.05) is 30.3 Å². The Balaban J connectivity index is 1.44. The number of nitrogens with zero attached hydrogens (tertiary/aromatic N) is 3. The lowest BCUT2D eigenvalue weighted by atomic mass is 10.0. The first kappa shape index (κ1) is 19.7. The van der Waals surface area contributed by atoms with Crippen molar-refractivity contribution in [2.75, 3.05) is 31.1 Å². The van der Waals surface area contributed by atoms with Gasteiger partial charge in [0.25, 0.3) is 0 Å². The van der Waals surface area contributed by atoms with Crippen LogP contribution in [0.3, 0.4) is 0 Å². The highest BCUT2D eigenvalue weighted by Crippen LogP contribution is 2.30. The maximum absolute atomic E-state index is 12.9. The van der Waals surface area contributed by atoms with Gasteiger partial charge in [-0.25, -0.2) is 4.98 Å². The Morgan fingerprint density at radius 3 is 2.28 bits per heavy atom. The molecule has 5 nitrogen and oxygen atoms in total. The summed E-state index contributed by atoms with van der Waals surface area (Å²) in [6.07, 6.45) is -1.46. The third kappa shape index (κ3) is 4.70. The first-order valence-electron chi connectivity index (χ1n) is 9.79. The minimum Gasteiger partial charge on any atom is -0.354 e. The lowest BCUT2D eigenvalue weighted by Crippen LogP contribution is -2.51. The molecule has 0 radical (unpaired) electrons. The number of anilines is 1. The number of benzene rings is 1. The van der Waals surface area contributed by atoms with Gasteiger partial charge in [0.1, 0.15) is 11.9 Å². The predicted octanol–water partition coefficient (Wildman–Crippen LogP) is 3.24. The summed E-state index contributed by atoms with van der Waals surface area (Å²) in [6, 6.07) is 12.1. The number of hydrogen-bond acceptors (Lipinski definition) is 4. The van der Waals surface area contributed by atoms with Gasteiger partial charge in [0, 0.05) is 38.4 Å². The minimum absolute atomic E-state index is 0.0137. The smallest absolute Gasteiger partial charge is 0.354 e. The molecule has 4 rings (SSSR count). The second kappa shape index (κ2) is 8.02. The number of pyridine rings is 1. The van der Waals surface area contributed by atoms with Crippen LogP contribution in [-0.2, 0) is 11.0 Å². The third-order valence-corrected chi connectivity index (χ3v) is 5.37. The molecule has 2 aliphatic rings. The Kier molecular flexibility index (Phi) is 5.45. The van der Waals surface area contributed by atoms with Gasteiger partial charge < -0.3 is 10.2 Å². The van der Waals surface area contributed by atoms with Crippen molar-refractivity contribution in [1.82, 2.24) is 15.2 Å². The van der Waals surface area contributed by atoms with E-state index in [2.05, 4.69) is 15.2 Å². The molecule has 1 saturated carbocycles. The van der Waals surface area contributed by atoms with Crippen LogP contribution in [-0.4, -0.2) is 48.0 Å². The maximum atomic E-state index is 12.9. The Bertz CT molecular complexity index is 829. The van der Waals surface area contributed by atoms with E-state index in [1.165, 1.54) is 6.07 Å². The van der Waals surface area contributed by atoms with E-state index in [4.69, 9.17) is 0 Å². The van der Waals surface area contributed by atoms with Crippen molar-refractivity contribution in [3.63, 3.8) is 0 Å². The quantitative estimate of drug-likeness (QED) is 0.831. The van der Waals surface area contributed by atoms with Crippen LogP contribution in [0.4, 0.5) is 19.0 Å². The zero-order chi connectivity index (χ0) is 20.4. The molecule has 2 aromatic rings. The van der Waals surface area contributed by atoms with Crippen LogP contribution in [0, 0.1) is 0 Å². The second-order valence-corrected chi connectivity index (χ2v) is 7.52. The molecular weight excluding hydrogens is 381 g/mol. The van der Waals surface area contributed by atoms with Crippen molar-refractivity contribution in [3.8, 4) is 0 Å². The topological polar surface area (TPSA) is 48.5 Å². The molecule has 1 N–H and O–H groups in total. The Labute approximate surface area is 167 Å². The fraction of sp³-hybridized carbons (Fsp3) is 0.429. The third-order valence-electron chi connectivity index (χ3n) is 5.37. The van der Waals surface area contributed by atoms with Gasteiger partial charge >= 0.3 is 6.18 Å². The fourth-order valence-corrected chi connectivity index (χ4v) is 3.62. The highest BCUT2D eigenvalue weighted by atomic mass is 19.4. The summed E-state index contributed by atoms with van der Waals surface area (Å²) in [6.45, 7) is 2.44. The number of hydrogen-bond donors (Lipinski definition) is 1.